The molecule has 72 heavy (non-hydrogen) atoms. The molecule has 27 heteroatoms. The van der Waals surface area contributed by atoms with E-state index in [0.717, 1.165) is 21.6 Å². The Balaban J connectivity index is 2.11. The maximum atomic E-state index is 14.7. The third kappa shape index (κ3) is 18.8. The Morgan fingerprint density at radius 1 is 0.833 bits per heavy atom. The summed E-state index contributed by atoms with van der Waals surface area (Å²) >= 11 is 0. The molecular weight excluding hydrogens is 979 g/mol. The minimum absolute atomic E-state index is 0.0303. The van der Waals surface area contributed by atoms with Crippen molar-refractivity contribution in [2.45, 2.75) is 145 Å². The van der Waals surface area contributed by atoms with Crippen molar-refractivity contribution in [3.63, 3.8) is 0 Å². The number of hydrogen-bond acceptors (Lipinski definition) is 16. The molecule has 2 aliphatic heterocycles. The Morgan fingerprint density at radius 3 is 2.07 bits per heavy atom. The highest BCUT2D eigenvalue weighted by Crippen LogP contribution is 2.38. The molecule has 0 unspecified atom stereocenters. The molecular formula is C45H71N13O12S2. The zero-order chi connectivity index (χ0) is 53.9. The van der Waals surface area contributed by atoms with Gasteiger partial charge in [-0.2, -0.15) is 0 Å². The fourth-order valence-electron chi connectivity index (χ4n) is 7.69. The SMILES string of the molecule is CC[C@@H](C)[C@@H]1NC(=O)[C@@H](Cc2ccc(O)cc2)NC(=O)[C@H](N)C(C)(C)SSC[C@@H](C(=O)N2CCC[C@@H]2C(=O)N[C@@H](CCCCN)C(=O)NCC(N)=O)NC(=O)[C@H](CC(N)=O)NC(=O)[C@@H](CCC(N)=O)NC1=O. The van der Waals surface area contributed by atoms with E-state index in [-0.39, 0.29) is 37.3 Å². The first-order valence-electron chi connectivity index (χ1n) is 23.7. The summed E-state index contributed by atoms with van der Waals surface area (Å²) in [7, 11) is 2.07. The number of nitrogens with one attached hydrogen (secondary N) is 7. The average molecular weight is 1050 g/mol. The Morgan fingerprint density at radius 2 is 1.46 bits per heavy atom. The molecule has 0 saturated carbocycles. The lowest BCUT2D eigenvalue weighted by Gasteiger charge is -2.33. The van der Waals surface area contributed by atoms with Crippen LogP contribution in [0.4, 0.5) is 0 Å². The summed E-state index contributed by atoms with van der Waals surface area (Å²) in [5.74, 6) is -10.4. The number of phenolic OH excluding ortho intramolecular Hbond substituents is 1. The molecule has 0 aliphatic carbocycles. The number of benzene rings is 1. The quantitative estimate of drug-likeness (QED) is 0.0468. The van der Waals surface area contributed by atoms with Crippen molar-refractivity contribution in [2.75, 3.05) is 25.4 Å². The highest BCUT2D eigenvalue weighted by molar-refractivity contribution is 8.77. The van der Waals surface area contributed by atoms with Gasteiger partial charge in [0, 0.05) is 29.9 Å². The van der Waals surface area contributed by atoms with E-state index in [1.807, 2.05) is 0 Å². The molecule has 2 heterocycles. The largest absolute Gasteiger partial charge is 0.508 e. The Labute approximate surface area is 425 Å². The normalized spacial score (nSPS) is 24.4. The topological polar surface area (TPSA) is 426 Å². The van der Waals surface area contributed by atoms with E-state index in [1.54, 1.807) is 27.7 Å². The van der Waals surface area contributed by atoms with Crippen LogP contribution in [0.2, 0.25) is 0 Å². The van der Waals surface area contributed by atoms with Crippen LogP contribution in [0.1, 0.15) is 91.0 Å². The molecule has 2 aliphatic rings. The average Bonchev–Trinajstić information content (AvgIpc) is 3.82. The van der Waals surface area contributed by atoms with Gasteiger partial charge in [0.05, 0.1) is 19.0 Å². The van der Waals surface area contributed by atoms with Crippen molar-refractivity contribution in [3.05, 3.63) is 29.8 Å². The number of aromatic hydroxyl groups is 1. The number of rotatable bonds is 19. The van der Waals surface area contributed by atoms with Gasteiger partial charge in [-0.3, -0.25) is 52.7 Å². The van der Waals surface area contributed by atoms with Gasteiger partial charge >= 0.3 is 0 Å². The van der Waals surface area contributed by atoms with E-state index in [2.05, 4.69) is 37.2 Å². The number of likely N-dealkylation sites (tertiary alicyclic amines) is 1. The van der Waals surface area contributed by atoms with Crippen LogP contribution >= 0.6 is 21.6 Å². The van der Waals surface area contributed by atoms with Gasteiger partial charge in [0.2, 0.25) is 65.0 Å². The molecule has 3 rings (SSSR count). The molecule has 9 atom stereocenters. The van der Waals surface area contributed by atoms with Gasteiger partial charge in [-0.1, -0.05) is 54.0 Å². The molecule has 0 bridgehead atoms. The Kier molecular flexibility index (Phi) is 24.0. The van der Waals surface area contributed by atoms with Crippen molar-refractivity contribution in [1.29, 1.82) is 0 Å². The van der Waals surface area contributed by atoms with Crippen molar-refractivity contribution in [1.82, 2.24) is 42.1 Å². The van der Waals surface area contributed by atoms with Crippen molar-refractivity contribution >= 4 is 86.6 Å². The van der Waals surface area contributed by atoms with E-state index < -0.39 is 150 Å². The number of primary amides is 3. The first-order valence-corrected chi connectivity index (χ1v) is 26.0. The smallest absolute Gasteiger partial charge is 0.246 e. The number of amides is 11. The highest BCUT2D eigenvalue weighted by Gasteiger charge is 2.42. The monoisotopic (exact) mass is 1050 g/mol. The van der Waals surface area contributed by atoms with Crippen LogP contribution in [-0.4, -0.2) is 153 Å². The first kappa shape index (κ1) is 60.1. The number of unbranched alkanes of at least 4 members (excludes halogenated alkanes) is 1. The van der Waals surface area contributed by atoms with Gasteiger partial charge < -0.3 is 75.9 Å². The number of hydrogen-bond donors (Lipinski definition) is 13. The minimum atomic E-state index is -1.77. The summed E-state index contributed by atoms with van der Waals surface area (Å²) in [4.78, 5) is 149. The molecule has 0 spiro atoms. The van der Waals surface area contributed by atoms with Crippen LogP contribution in [0, 0.1) is 5.92 Å². The molecule has 0 aromatic heterocycles. The zero-order valence-electron chi connectivity index (χ0n) is 41.0. The molecule has 25 nitrogen and oxygen atoms in total. The Bertz CT molecular complexity index is 2130. The third-order valence-electron chi connectivity index (χ3n) is 12.2. The van der Waals surface area contributed by atoms with Crippen molar-refractivity contribution < 1.29 is 57.8 Å². The molecule has 11 amide bonds. The van der Waals surface area contributed by atoms with E-state index in [9.17, 15) is 57.8 Å². The molecule has 18 N–H and O–H groups in total. The van der Waals surface area contributed by atoms with Crippen molar-refractivity contribution in [2.24, 2.45) is 34.6 Å². The number of nitrogens with zero attached hydrogens (tertiary/aromatic N) is 1. The van der Waals surface area contributed by atoms with Crippen LogP contribution in [0.15, 0.2) is 24.3 Å². The second-order valence-corrected chi connectivity index (χ2v) is 21.3. The highest BCUT2D eigenvalue weighted by atomic mass is 33.1. The molecule has 2 saturated heterocycles. The second-order valence-electron chi connectivity index (χ2n) is 18.3. The van der Waals surface area contributed by atoms with Crippen LogP contribution in [0.5, 0.6) is 5.75 Å². The van der Waals surface area contributed by atoms with E-state index >= 15 is 0 Å². The van der Waals surface area contributed by atoms with Gasteiger partial charge in [-0.05, 0) is 82.5 Å². The number of phenols is 1. The van der Waals surface area contributed by atoms with Crippen LogP contribution in [0.25, 0.3) is 0 Å². The lowest BCUT2D eigenvalue weighted by Crippen LogP contribution is -2.62. The molecule has 400 valence electrons. The maximum Gasteiger partial charge on any atom is 0.246 e. The summed E-state index contributed by atoms with van der Waals surface area (Å²) < 4.78 is -1.17. The van der Waals surface area contributed by atoms with E-state index in [4.69, 9.17) is 28.7 Å². The molecule has 0 radical (unpaired) electrons. The maximum absolute atomic E-state index is 14.7. The number of nitrogens with two attached hydrogens (primary N) is 5. The molecule has 1 aromatic carbocycles. The lowest BCUT2D eigenvalue weighted by atomic mass is 9.96. The van der Waals surface area contributed by atoms with E-state index in [0.29, 0.717) is 37.8 Å². The van der Waals surface area contributed by atoms with Gasteiger partial charge in [0.25, 0.3) is 0 Å². The standard InChI is InChI=1S/C45H71N13O12S2/c1-5-23(2)35-42(68)53-27(15-16-32(47)60)38(64)54-29(20-33(48)61)39(65)56-30(44(70)58-18-8-10-31(58)41(67)52-26(9-6-7-17-46)37(63)51-21-34(49)62)22-71-72-45(3,4)36(50)43(69)55-28(40(66)57-35)19-24-11-13-25(59)14-12-24/h11-14,23,26-31,35-36,59H,5-10,15-22,46,50H2,1-4H3,(H2,47,60)(H2,48,61)(H2,49,62)(H,51,63)(H,52,67)(H,53,68)(H,54,64)(H,55,69)(H,56,65)(H,57,66)/t23-,26+,27-,28-,29+,30+,31-,35+,36+/m1/s1. The van der Waals surface area contributed by atoms with Crippen LogP contribution < -0.4 is 65.9 Å². The predicted molar refractivity (Wildman–Crippen MR) is 267 cm³/mol. The lowest BCUT2D eigenvalue weighted by molar-refractivity contribution is -0.142. The van der Waals surface area contributed by atoms with Gasteiger partial charge in [-0.25, -0.2) is 0 Å². The van der Waals surface area contributed by atoms with Gasteiger partial charge in [0.1, 0.15) is 48.0 Å². The first-order chi connectivity index (χ1) is 33.9. The molecule has 1 aromatic rings. The molecule has 2 fully saturated rings. The van der Waals surface area contributed by atoms with E-state index in [1.165, 1.54) is 29.2 Å². The minimum Gasteiger partial charge on any atom is -0.508 e. The summed E-state index contributed by atoms with van der Waals surface area (Å²) in [6, 6.07) is -5.31. The van der Waals surface area contributed by atoms with Gasteiger partial charge in [-0.15, -0.1) is 0 Å². The van der Waals surface area contributed by atoms with Crippen molar-refractivity contribution in [3.8, 4) is 5.75 Å². The predicted octanol–water partition coefficient (Wildman–Crippen LogP) is -3.75. The number of carbonyl (C=O) groups excluding carboxylic acids is 11. The van der Waals surface area contributed by atoms with Crippen LogP contribution in [0.3, 0.4) is 0 Å². The second kappa shape index (κ2) is 28.7. The Hall–Kier alpha value is -6.19. The summed E-state index contributed by atoms with van der Waals surface area (Å²) in [5.41, 5.74) is 28.9. The third-order valence-corrected chi connectivity index (χ3v) is 15.5. The number of carbonyl (C=O) groups is 11. The fraction of sp³-hybridized carbons (Fsp3) is 0.622. The summed E-state index contributed by atoms with van der Waals surface area (Å²) in [6.07, 6.45) is 0.128. The zero-order valence-corrected chi connectivity index (χ0v) is 42.6. The fourth-order valence-corrected chi connectivity index (χ4v) is 10.5. The summed E-state index contributed by atoms with van der Waals surface area (Å²) in [6.45, 7) is 6.51. The van der Waals surface area contributed by atoms with Crippen LogP contribution in [-0.2, 0) is 59.2 Å². The van der Waals surface area contributed by atoms with Gasteiger partial charge in [0.15, 0.2) is 0 Å². The summed E-state index contributed by atoms with van der Waals surface area (Å²) in [5, 5.41) is 27.9.